The summed E-state index contributed by atoms with van der Waals surface area (Å²) < 4.78 is 4.94. The predicted molar refractivity (Wildman–Crippen MR) is 60.7 cm³/mol. The highest BCUT2D eigenvalue weighted by atomic mass is 16.6. The number of aromatic nitrogens is 1. The number of anilines is 1. The first-order chi connectivity index (χ1) is 7.65. The molecule has 0 aromatic carbocycles. The Morgan fingerprint density at radius 2 is 2.31 bits per heavy atom. The van der Waals surface area contributed by atoms with Crippen LogP contribution in [0.25, 0.3) is 0 Å². The fraction of sp³-hybridized carbons (Fsp3) is 0.500. The molecule has 0 saturated carbocycles. The second-order valence-electron chi connectivity index (χ2n) is 3.40. The summed E-state index contributed by atoms with van der Waals surface area (Å²) in [6.45, 7) is 1.50. The molecule has 0 bridgehead atoms. The van der Waals surface area contributed by atoms with Crippen molar-refractivity contribution >= 4 is 11.5 Å². The molecule has 0 amide bonds. The van der Waals surface area contributed by atoms with Gasteiger partial charge in [-0.3, -0.25) is 10.1 Å². The van der Waals surface area contributed by atoms with Gasteiger partial charge in [-0.15, -0.1) is 0 Å². The summed E-state index contributed by atoms with van der Waals surface area (Å²) >= 11 is 0. The zero-order valence-electron chi connectivity index (χ0n) is 9.42. The van der Waals surface area contributed by atoms with Crippen LogP contribution in [0, 0.1) is 10.1 Å². The molecule has 0 atom stereocenters. The minimum absolute atomic E-state index is 0.00837. The summed E-state index contributed by atoms with van der Waals surface area (Å²) in [6, 6.07) is 3.10. The summed E-state index contributed by atoms with van der Waals surface area (Å²) in [7, 11) is 3.55. The summed E-state index contributed by atoms with van der Waals surface area (Å²) in [6.07, 6.45) is 2.16. The molecule has 0 saturated heterocycles. The number of methoxy groups -OCH3 is 1. The van der Waals surface area contributed by atoms with Crippen LogP contribution in [0.5, 0.6) is 0 Å². The fourth-order valence-corrected chi connectivity index (χ4v) is 1.27. The third kappa shape index (κ3) is 3.47. The largest absolute Gasteiger partial charge is 0.385 e. The van der Waals surface area contributed by atoms with Crippen molar-refractivity contribution in [1.29, 1.82) is 0 Å². The van der Waals surface area contributed by atoms with Gasteiger partial charge < -0.3 is 9.64 Å². The number of hydrogen-bond acceptors (Lipinski definition) is 5. The van der Waals surface area contributed by atoms with Crippen molar-refractivity contribution in [3.8, 4) is 0 Å². The second kappa shape index (κ2) is 6.02. The van der Waals surface area contributed by atoms with Gasteiger partial charge >= 0.3 is 0 Å². The highest BCUT2D eigenvalue weighted by Gasteiger charge is 2.07. The summed E-state index contributed by atoms with van der Waals surface area (Å²) in [5, 5.41) is 10.4. The van der Waals surface area contributed by atoms with Crippen molar-refractivity contribution in [2.24, 2.45) is 0 Å². The summed E-state index contributed by atoms with van der Waals surface area (Å²) in [5.74, 6) is 0.724. The predicted octanol–water partition coefficient (Wildman–Crippen LogP) is 1.46. The Morgan fingerprint density at radius 1 is 1.56 bits per heavy atom. The van der Waals surface area contributed by atoms with Crippen molar-refractivity contribution in [1.82, 2.24) is 4.98 Å². The fourth-order valence-electron chi connectivity index (χ4n) is 1.27. The Hall–Kier alpha value is -1.69. The van der Waals surface area contributed by atoms with Gasteiger partial charge in [-0.1, -0.05) is 0 Å². The highest BCUT2D eigenvalue weighted by Crippen LogP contribution is 2.14. The lowest BCUT2D eigenvalue weighted by Gasteiger charge is -2.17. The minimum Gasteiger partial charge on any atom is -0.385 e. The Kier molecular flexibility index (Phi) is 4.65. The van der Waals surface area contributed by atoms with Crippen LogP contribution in [0.3, 0.4) is 0 Å². The van der Waals surface area contributed by atoms with Crippen molar-refractivity contribution < 1.29 is 9.66 Å². The van der Waals surface area contributed by atoms with Crippen LogP contribution in [-0.4, -0.2) is 37.2 Å². The molecule has 6 nitrogen and oxygen atoms in total. The van der Waals surface area contributed by atoms with Crippen LogP contribution in [0.15, 0.2) is 18.3 Å². The molecule has 0 aliphatic rings. The first-order valence-corrected chi connectivity index (χ1v) is 4.95. The van der Waals surface area contributed by atoms with Gasteiger partial charge in [0.1, 0.15) is 12.0 Å². The minimum atomic E-state index is -0.457. The van der Waals surface area contributed by atoms with Crippen LogP contribution in [0.1, 0.15) is 6.42 Å². The van der Waals surface area contributed by atoms with Gasteiger partial charge in [-0.05, 0) is 12.5 Å². The topological polar surface area (TPSA) is 68.5 Å². The quantitative estimate of drug-likeness (QED) is 0.416. The Labute approximate surface area is 94.0 Å². The maximum atomic E-state index is 10.4. The summed E-state index contributed by atoms with van der Waals surface area (Å²) in [4.78, 5) is 15.9. The molecule has 6 heteroatoms. The lowest BCUT2D eigenvalue weighted by molar-refractivity contribution is -0.385. The first kappa shape index (κ1) is 12.4. The van der Waals surface area contributed by atoms with Gasteiger partial charge in [0, 0.05) is 33.4 Å². The molecular formula is C10H15N3O3. The van der Waals surface area contributed by atoms with E-state index < -0.39 is 4.92 Å². The average Bonchev–Trinajstić information content (AvgIpc) is 2.29. The Bertz CT molecular complexity index is 340. The molecule has 0 fully saturated rings. The molecule has 1 rings (SSSR count). The van der Waals surface area contributed by atoms with Crippen molar-refractivity contribution in [2.45, 2.75) is 6.42 Å². The van der Waals surface area contributed by atoms with E-state index in [4.69, 9.17) is 4.74 Å². The third-order valence-corrected chi connectivity index (χ3v) is 2.18. The average molecular weight is 225 g/mol. The maximum absolute atomic E-state index is 10.4. The summed E-state index contributed by atoms with van der Waals surface area (Å²) in [5.41, 5.74) is 0.00837. The molecule has 0 N–H and O–H groups in total. The SMILES string of the molecule is COCCCN(C)c1ccc([N+](=O)[O-])cn1. The number of hydrogen-bond donors (Lipinski definition) is 0. The molecule has 1 aromatic rings. The normalized spacial score (nSPS) is 10.1. The second-order valence-corrected chi connectivity index (χ2v) is 3.40. The first-order valence-electron chi connectivity index (χ1n) is 4.95. The lowest BCUT2D eigenvalue weighted by atomic mass is 10.3. The molecule has 0 aliphatic carbocycles. The van der Waals surface area contributed by atoms with Gasteiger partial charge in [-0.2, -0.15) is 0 Å². The molecule has 1 heterocycles. The van der Waals surface area contributed by atoms with E-state index in [9.17, 15) is 10.1 Å². The van der Waals surface area contributed by atoms with Gasteiger partial charge in [0.05, 0.1) is 4.92 Å². The monoisotopic (exact) mass is 225 g/mol. The van der Waals surface area contributed by atoms with E-state index in [2.05, 4.69) is 4.98 Å². The van der Waals surface area contributed by atoms with E-state index in [1.165, 1.54) is 12.3 Å². The molecule has 16 heavy (non-hydrogen) atoms. The van der Waals surface area contributed by atoms with E-state index in [1.807, 2.05) is 11.9 Å². The molecule has 0 radical (unpaired) electrons. The van der Waals surface area contributed by atoms with Gasteiger partial charge in [0.25, 0.3) is 5.69 Å². The number of nitro groups is 1. The van der Waals surface area contributed by atoms with E-state index in [0.29, 0.717) is 6.61 Å². The van der Waals surface area contributed by atoms with E-state index in [-0.39, 0.29) is 5.69 Å². The molecule has 1 aromatic heterocycles. The molecular weight excluding hydrogens is 210 g/mol. The van der Waals surface area contributed by atoms with Crippen molar-refractivity contribution in [3.05, 3.63) is 28.4 Å². The lowest BCUT2D eigenvalue weighted by Crippen LogP contribution is -2.20. The van der Waals surface area contributed by atoms with E-state index in [0.717, 1.165) is 18.8 Å². The third-order valence-electron chi connectivity index (χ3n) is 2.18. The smallest absolute Gasteiger partial charge is 0.287 e. The molecule has 0 unspecified atom stereocenters. The zero-order chi connectivity index (χ0) is 12.0. The highest BCUT2D eigenvalue weighted by molar-refractivity contribution is 5.41. The van der Waals surface area contributed by atoms with Crippen LogP contribution in [-0.2, 0) is 4.74 Å². The van der Waals surface area contributed by atoms with Crippen LogP contribution in [0.4, 0.5) is 11.5 Å². The van der Waals surface area contributed by atoms with E-state index >= 15 is 0 Å². The number of nitrogens with zero attached hydrogens (tertiary/aromatic N) is 3. The standard InChI is InChI=1S/C10H15N3O3/c1-12(6-3-7-16-2)10-5-4-9(8-11-10)13(14)15/h4-5,8H,3,6-7H2,1-2H3. The number of pyridine rings is 1. The van der Waals surface area contributed by atoms with Gasteiger partial charge in [0.2, 0.25) is 0 Å². The van der Waals surface area contributed by atoms with E-state index in [1.54, 1.807) is 13.2 Å². The number of rotatable bonds is 6. The van der Waals surface area contributed by atoms with Crippen LogP contribution < -0.4 is 4.90 Å². The Balaban J connectivity index is 2.56. The molecule has 0 aliphatic heterocycles. The maximum Gasteiger partial charge on any atom is 0.287 e. The van der Waals surface area contributed by atoms with Crippen molar-refractivity contribution in [2.75, 3.05) is 32.2 Å². The number of ether oxygens (including phenoxy) is 1. The Morgan fingerprint density at radius 3 is 2.81 bits per heavy atom. The van der Waals surface area contributed by atoms with Crippen LogP contribution >= 0.6 is 0 Å². The van der Waals surface area contributed by atoms with Gasteiger partial charge in [-0.25, -0.2) is 4.98 Å². The van der Waals surface area contributed by atoms with Crippen LogP contribution in [0.2, 0.25) is 0 Å². The van der Waals surface area contributed by atoms with Crippen molar-refractivity contribution in [3.63, 3.8) is 0 Å². The molecule has 0 spiro atoms. The van der Waals surface area contributed by atoms with Gasteiger partial charge in [0.15, 0.2) is 0 Å². The molecule has 88 valence electrons. The zero-order valence-corrected chi connectivity index (χ0v) is 9.42.